The molecule has 20 heavy (non-hydrogen) atoms. The Morgan fingerprint density at radius 2 is 2.30 bits per heavy atom. The van der Waals surface area contributed by atoms with Crippen LogP contribution in [0.15, 0.2) is 35.2 Å². The van der Waals surface area contributed by atoms with E-state index in [1.54, 1.807) is 12.1 Å². The van der Waals surface area contributed by atoms with Crippen molar-refractivity contribution in [1.82, 2.24) is 9.55 Å². The molecule has 4 nitrogen and oxygen atoms in total. The molecule has 2 aromatic rings. The smallest absolute Gasteiger partial charge is 0.137 e. The number of nitrogens with zero attached hydrogens (tertiary/aromatic N) is 2. The van der Waals surface area contributed by atoms with Crippen LogP contribution < -0.4 is 11.1 Å². The minimum atomic E-state index is -0.282. The maximum absolute atomic E-state index is 13.2. The molecule has 0 amide bonds. The summed E-state index contributed by atoms with van der Waals surface area (Å²) in [5.41, 5.74) is 7.71. The average molecular weight is 341 g/mol. The van der Waals surface area contributed by atoms with E-state index in [0.717, 1.165) is 24.3 Å². The van der Waals surface area contributed by atoms with Crippen molar-refractivity contribution in [3.05, 3.63) is 46.7 Å². The summed E-state index contributed by atoms with van der Waals surface area (Å²) in [6.07, 6.45) is 4.66. The molecule has 0 fully saturated rings. The molecule has 1 heterocycles. The van der Waals surface area contributed by atoms with E-state index in [9.17, 15) is 4.39 Å². The van der Waals surface area contributed by atoms with Gasteiger partial charge in [0.1, 0.15) is 5.82 Å². The number of aryl methyl sites for hydroxylation is 1. The van der Waals surface area contributed by atoms with Gasteiger partial charge in [-0.05, 0) is 40.5 Å². The van der Waals surface area contributed by atoms with Crippen LogP contribution in [-0.2, 0) is 6.54 Å². The largest absolute Gasteiger partial charge is 0.375 e. The van der Waals surface area contributed by atoms with Gasteiger partial charge in [0.2, 0.25) is 0 Å². The van der Waals surface area contributed by atoms with E-state index in [1.165, 1.54) is 6.07 Å². The first-order chi connectivity index (χ1) is 9.65. The molecule has 0 aliphatic rings. The predicted octanol–water partition coefficient (Wildman–Crippen LogP) is 3.31. The maximum atomic E-state index is 13.2. The van der Waals surface area contributed by atoms with Crippen LogP contribution in [0.4, 0.5) is 10.1 Å². The van der Waals surface area contributed by atoms with Crippen molar-refractivity contribution in [2.75, 3.05) is 11.9 Å². The zero-order valence-corrected chi connectivity index (χ0v) is 12.9. The monoisotopic (exact) mass is 340 g/mol. The van der Waals surface area contributed by atoms with Crippen LogP contribution in [0.25, 0.3) is 0 Å². The Morgan fingerprint density at radius 3 is 2.95 bits per heavy atom. The van der Waals surface area contributed by atoms with Crippen molar-refractivity contribution < 1.29 is 4.39 Å². The second kappa shape index (κ2) is 6.85. The number of hydrogen-bond donors (Lipinski definition) is 2. The van der Waals surface area contributed by atoms with Crippen LogP contribution >= 0.6 is 15.9 Å². The molecular formula is C14H18BrFN4. The molecule has 2 rings (SSSR count). The summed E-state index contributed by atoms with van der Waals surface area (Å²) in [6, 6.07) is 4.77. The van der Waals surface area contributed by atoms with Crippen molar-refractivity contribution in [1.29, 1.82) is 0 Å². The summed E-state index contributed by atoms with van der Waals surface area (Å²) in [5, 5.41) is 3.32. The van der Waals surface area contributed by atoms with Crippen molar-refractivity contribution >= 4 is 21.6 Å². The highest BCUT2D eigenvalue weighted by molar-refractivity contribution is 9.10. The van der Waals surface area contributed by atoms with Gasteiger partial charge in [0.05, 0.1) is 28.7 Å². The molecule has 0 aliphatic carbocycles. The zero-order chi connectivity index (χ0) is 14.5. The van der Waals surface area contributed by atoms with Gasteiger partial charge < -0.3 is 15.6 Å². The molecule has 1 aromatic carbocycles. The SMILES string of the molecule is CCCn1cncc1C(CN)Nc1ccc(F)c(Br)c1. The summed E-state index contributed by atoms with van der Waals surface area (Å²) < 4.78 is 15.8. The fourth-order valence-corrected chi connectivity index (χ4v) is 2.47. The van der Waals surface area contributed by atoms with E-state index in [0.29, 0.717) is 11.0 Å². The maximum Gasteiger partial charge on any atom is 0.137 e. The van der Waals surface area contributed by atoms with Crippen LogP contribution in [-0.4, -0.2) is 16.1 Å². The van der Waals surface area contributed by atoms with Gasteiger partial charge in [-0.1, -0.05) is 6.92 Å². The van der Waals surface area contributed by atoms with E-state index in [1.807, 2.05) is 12.5 Å². The van der Waals surface area contributed by atoms with Gasteiger partial charge in [-0.15, -0.1) is 0 Å². The second-order valence-electron chi connectivity index (χ2n) is 4.57. The zero-order valence-electron chi connectivity index (χ0n) is 11.3. The van der Waals surface area contributed by atoms with E-state index in [2.05, 4.69) is 37.7 Å². The second-order valence-corrected chi connectivity index (χ2v) is 5.43. The average Bonchev–Trinajstić information content (AvgIpc) is 2.88. The summed E-state index contributed by atoms with van der Waals surface area (Å²) in [5.74, 6) is -0.282. The van der Waals surface area contributed by atoms with E-state index >= 15 is 0 Å². The van der Waals surface area contributed by atoms with Crippen LogP contribution in [0, 0.1) is 5.82 Å². The van der Waals surface area contributed by atoms with Gasteiger partial charge in [0.15, 0.2) is 0 Å². The van der Waals surface area contributed by atoms with Gasteiger partial charge in [0, 0.05) is 18.8 Å². The third kappa shape index (κ3) is 3.37. The number of benzene rings is 1. The number of aromatic nitrogens is 2. The molecule has 0 bridgehead atoms. The Bertz CT molecular complexity index is 570. The van der Waals surface area contributed by atoms with Gasteiger partial charge in [-0.3, -0.25) is 0 Å². The van der Waals surface area contributed by atoms with E-state index < -0.39 is 0 Å². The van der Waals surface area contributed by atoms with E-state index in [4.69, 9.17) is 5.73 Å². The number of hydrogen-bond acceptors (Lipinski definition) is 3. The number of anilines is 1. The van der Waals surface area contributed by atoms with Crippen LogP contribution in [0.3, 0.4) is 0 Å². The minimum absolute atomic E-state index is 0.0542. The normalized spacial score (nSPS) is 12.4. The molecule has 1 unspecified atom stereocenters. The number of rotatable bonds is 6. The van der Waals surface area contributed by atoms with Gasteiger partial charge in [-0.25, -0.2) is 9.37 Å². The first-order valence-electron chi connectivity index (χ1n) is 6.57. The van der Waals surface area contributed by atoms with Crippen LogP contribution in [0.1, 0.15) is 25.1 Å². The standard InChI is InChI=1S/C14H18BrFN4/c1-2-5-20-9-18-8-14(20)13(7-17)19-10-3-4-12(16)11(15)6-10/h3-4,6,8-9,13,19H,2,5,7,17H2,1H3. The molecule has 0 aliphatic heterocycles. The van der Waals surface area contributed by atoms with Gasteiger partial charge in [0.25, 0.3) is 0 Å². The molecule has 1 aromatic heterocycles. The molecule has 0 saturated heterocycles. The van der Waals surface area contributed by atoms with Gasteiger partial charge >= 0.3 is 0 Å². The molecule has 1 atom stereocenters. The Morgan fingerprint density at radius 1 is 1.50 bits per heavy atom. The lowest BCUT2D eigenvalue weighted by atomic mass is 10.2. The molecule has 6 heteroatoms. The molecule has 108 valence electrons. The summed E-state index contributed by atoms with van der Waals surface area (Å²) in [7, 11) is 0. The highest BCUT2D eigenvalue weighted by atomic mass is 79.9. The highest BCUT2D eigenvalue weighted by Gasteiger charge is 2.14. The Kier molecular flexibility index (Phi) is 5.14. The number of nitrogens with one attached hydrogen (secondary N) is 1. The van der Waals surface area contributed by atoms with Gasteiger partial charge in [-0.2, -0.15) is 0 Å². The Hall–Kier alpha value is -1.40. The van der Waals surface area contributed by atoms with Crippen molar-refractivity contribution in [2.24, 2.45) is 5.73 Å². The molecular weight excluding hydrogens is 323 g/mol. The lowest BCUT2D eigenvalue weighted by Gasteiger charge is -2.20. The predicted molar refractivity (Wildman–Crippen MR) is 82.0 cm³/mol. The number of halogens is 2. The number of imidazole rings is 1. The Balaban J connectivity index is 2.19. The third-order valence-electron chi connectivity index (χ3n) is 3.06. The van der Waals surface area contributed by atoms with Crippen molar-refractivity contribution in [3.8, 4) is 0 Å². The summed E-state index contributed by atoms with van der Waals surface area (Å²) in [6.45, 7) is 3.46. The lowest BCUT2D eigenvalue weighted by Crippen LogP contribution is -2.23. The van der Waals surface area contributed by atoms with Crippen LogP contribution in [0.2, 0.25) is 0 Å². The van der Waals surface area contributed by atoms with Crippen LogP contribution in [0.5, 0.6) is 0 Å². The molecule has 3 N–H and O–H groups in total. The topological polar surface area (TPSA) is 55.9 Å². The first-order valence-corrected chi connectivity index (χ1v) is 7.36. The van der Waals surface area contributed by atoms with Crippen molar-refractivity contribution in [3.63, 3.8) is 0 Å². The lowest BCUT2D eigenvalue weighted by molar-refractivity contribution is 0.611. The summed E-state index contributed by atoms with van der Waals surface area (Å²) >= 11 is 3.18. The molecule has 0 radical (unpaired) electrons. The van der Waals surface area contributed by atoms with Crippen molar-refractivity contribution in [2.45, 2.75) is 25.9 Å². The quantitative estimate of drug-likeness (QED) is 0.848. The minimum Gasteiger partial charge on any atom is -0.375 e. The fourth-order valence-electron chi connectivity index (χ4n) is 2.09. The Labute approximate surface area is 126 Å². The first kappa shape index (κ1) is 15.0. The third-order valence-corrected chi connectivity index (χ3v) is 3.67. The van der Waals surface area contributed by atoms with E-state index in [-0.39, 0.29) is 11.9 Å². The molecule has 0 saturated carbocycles. The fraction of sp³-hybridized carbons (Fsp3) is 0.357. The summed E-state index contributed by atoms with van der Waals surface area (Å²) in [4.78, 5) is 4.18. The number of nitrogens with two attached hydrogens (primary N) is 1. The highest BCUT2D eigenvalue weighted by Crippen LogP contribution is 2.24. The molecule has 0 spiro atoms.